The Morgan fingerprint density at radius 2 is 1.96 bits per heavy atom. The van der Waals surface area contributed by atoms with Crippen LogP contribution in [0.15, 0.2) is 49.1 Å². The van der Waals surface area contributed by atoms with E-state index in [-0.39, 0.29) is 0 Å². The fourth-order valence-corrected chi connectivity index (χ4v) is 4.53. The van der Waals surface area contributed by atoms with Gasteiger partial charge in [0.1, 0.15) is 0 Å². The number of piperidine rings is 1. The summed E-state index contributed by atoms with van der Waals surface area (Å²) >= 11 is 0. The quantitative estimate of drug-likeness (QED) is 0.537. The average Bonchev–Trinajstić information content (AvgIpc) is 3.31. The second kappa shape index (κ2) is 6.54. The lowest BCUT2D eigenvalue weighted by molar-refractivity contribution is 0.460. The molecule has 0 spiro atoms. The molecular weight excluding hydrogens is 332 g/mol. The van der Waals surface area contributed by atoms with Gasteiger partial charge in [-0.25, -0.2) is 4.98 Å². The number of nitrogens with one attached hydrogen (secondary N) is 2. The Kier molecular flexibility index (Phi) is 4.01. The lowest BCUT2D eigenvalue weighted by Crippen LogP contribution is -2.26. The normalized spacial score (nSPS) is 16.0. The van der Waals surface area contributed by atoms with Gasteiger partial charge in [-0.15, -0.1) is 0 Å². The predicted octanol–water partition coefficient (Wildman–Crippen LogP) is 5.07. The third-order valence-electron chi connectivity index (χ3n) is 5.95. The maximum absolute atomic E-state index is 4.25. The van der Waals surface area contributed by atoms with Gasteiger partial charge in [-0.1, -0.05) is 19.9 Å². The smallest absolute Gasteiger partial charge is 0.0992 e. The Balaban J connectivity index is 1.66. The summed E-state index contributed by atoms with van der Waals surface area (Å²) in [6.07, 6.45) is 8.40. The highest BCUT2D eigenvalue weighted by molar-refractivity contribution is 5.92. The lowest BCUT2D eigenvalue weighted by Gasteiger charge is -2.23. The molecule has 4 aromatic rings. The molecule has 1 aliphatic rings. The Bertz CT molecular complexity index is 1100. The molecule has 0 bridgehead atoms. The van der Waals surface area contributed by atoms with E-state index in [1.165, 1.54) is 46.1 Å². The predicted molar refractivity (Wildman–Crippen MR) is 111 cm³/mol. The highest BCUT2D eigenvalue weighted by Crippen LogP contribution is 2.37. The van der Waals surface area contributed by atoms with Gasteiger partial charge in [0, 0.05) is 22.7 Å². The maximum Gasteiger partial charge on any atom is 0.0992 e. The molecule has 1 saturated heterocycles. The molecule has 0 saturated carbocycles. The lowest BCUT2D eigenvalue weighted by atomic mass is 9.88. The van der Waals surface area contributed by atoms with E-state index in [2.05, 4.69) is 70.1 Å². The molecule has 3 aromatic heterocycles. The van der Waals surface area contributed by atoms with E-state index in [1.807, 2.05) is 12.5 Å². The molecule has 27 heavy (non-hydrogen) atoms. The van der Waals surface area contributed by atoms with Crippen LogP contribution in [0.4, 0.5) is 0 Å². The van der Waals surface area contributed by atoms with Crippen LogP contribution in [0.5, 0.6) is 0 Å². The molecule has 1 aromatic carbocycles. The number of nitrogens with zero attached hydrogens (tertiary/aromatic N) is 2. The van der Waals surface area contributed by atoms with Crippen LogP contribution < -0.4 is 5.32 Å². The standard InChI is InChI=1S/C23H26N4/c1-15(2)22-20-11-17(16-7-9-24-10-8-16)4-6-21(20)26-23(22)18-3-5-19-12-25-14-27(19)13-18/h3-6,11-16,24,26H,7-10H2,1-2H3. The molecule has 138 valence electrons. The Morgan fingerprint density at radius 1 is 1.11 bits per heavy atom. The molecule has 1 fully saturated rings. The summed E-state index contributed by atoms with van der Waals surface area (Å²) in [6, 6.07) is 11.4. The van der Waals surface area contributed by atoms with Gasteiger partial charge < -0.3 is 14.7 Å². The van der Waals surface area contributed by atoms with Crippen LogP contribution in [0.3, 0.4) is 0 Å². The first-order valence-corrected chi connectivity index (χ1v) is 9.99. The minimum Gasteiger partial charge on any atom is -0.354 e. The first-order chi connectivity index (χ1) is 13.2. The van der Waals surface area contributed by atoms with Gasteiger partial charge >= 0.3 is 0 Å². The number of aromatic nitrogens is 3. The van der Waals surface area contributed by atoms with Crippen molar-refractivity contribution in [2.75, 3.05) is 13.1 Å². The number of H-pyrrole nitrogens is 1. The van der Waals surface area contributed by atoms with Gasteiger partial charge in [0.25, 0.3) is 0 Å². The van der Waals surface area contributed by atoms with Crippen LogP contribution in [0, 0.1) is 0 Å². The van der Waals surface area contributed by atoms with Gasteiger partial charge in [0.2, 0.25) is 0 Å². The number of rotatable bonds is 3. The zero-order valence-electron chi connectivity index (χ0n) is 16.0. The first-order valence-electron chi connectivity index (χ1n) is 9.99. The first kappa shape index (κ1) is 16.6. The van der Waals surface area contributed by atoms with Crippen LogP contribution in [-0.4, -0.2) is 27.5 Å². The van der Waals surface area contributed by atoms with Crippen molar-refractivity contribution >= 4 is 16.4 Å². The molecule has 0 unspecified atom stereocenters. The van der Waals surface area contributed by atoms with Crippen molar-refractivity contribution in [1.29, 1.82) is 0 Å². The van der Waals surface area contributed by atoms with Crippen molar-refractivity contribution in [3.05, 3.63) is 60.2 Å². The summed E-state index contributed by atoms with van der Waals surface area (Å²) in [5, 5.41) is 4.85. The molecule has 4 nitrogen and oxygen atoms in total. The van der Waals surface area contributed by atoms with Gasteiger partial charge in [-0.2, -0.15) is 0 Å². The molecule has 0 atom stereocenters. The van der Waals surface area contributed by atoms with Crippen LogP contribution >= 0.6 is 0 Å². The Hall–Kier alpha value is -2.59. The summed E-state index contributed by atoms with van der Waals surface area (Å²) < 4.78 is 2.09. The topological polar surface area (TPSA) is 45.1 Å². The molecular formula is C23H26N4. The van der Waals surface area contributed by atoms with Gasteiger partial charge in [0.05, 0.1) is 23.7 Å². The zero-order valence-corrected chi connectivity index (χ0v) is 16.0. The van der Waals surface area contributed by atoms with E-state index in [0.29, 0.717) is 11.8 Å². The minimum atomic E-state index is 0.454. The molecule has 0 amide bonds. The van der Waals surface area contributed by atoms with E-state index in [1.54, 1.807) is 0 Å². The van der Waals surface area contributed by atoms with Crippen LogP contribution in [0.2, 0.25) is 0 Å². The largest absolute Gasteiger partial charge is 0.354 e. The van der Waals surface area contributed by atoms with Crippen LogP contribution in [0.1, 0.15) is 49.7 Å². The Morgan fingerprint density at radius 3 is 2.78 bits per heavy atom. The number of imidazole rings is 1. The summed E-state index contributed by atoms with van der Waals surface area (Å²) in [4.78, 5) is 7.95. The van der Waals surface area contributed by atoms with Crippen molar-refractivity contribution < 1.29 is 0 Å². The van der Waals surface area contributed by atoms with E-state index in [9.17, 15) is 0 Å². The number of hydrogen-bond donors (Lipinski definition) is 2. The molecule has 4 heteroatoms. The fourth-order valence-electron chi connectivity index (χ4n) is 4.53. The minimum absolute atomic E-state index is 0.454. The average molecular weight is 358 g/mol. The number of aromatic amines is 1. The van der Waals surface area contributed by atoms with E-state index >= 15 is 0 Å². The summed E-state index contributed by atoms with van der Waals surface area (Å²) in [5.74, 6) is 1.13. The van der Waals surface area contributed by atoms with Crippen LogP contribution in [-0.2, 0) is 0 Å². The van der Waals surface area contributed by atoms with E-state index < -0.39 is 0 Å². The van der Waals surface area contributed by atoms with Crippen molar-refractivity contribution in [1.82, 2.24) is 19.7 Å². The van der Waals surface area contributed by atoms with Gasteiger partial charge in [0.15, 0.2) is 0 Å². The fraction of sp³-hybridized carbons (Fsp3) is 0.348. The second-order valence-electron chi connectivity index (χ2n) is 8.04. The zero-order chi connectivity index (χ0) is 18.4. The van der Waals surface area contributed by atoms with Gasteiger partial charge in [-0.05, 0) is 73.2 Å². The molecule has 4 heterocycles. The van der Waals surface area contributed by atoms with E-state index in [4.69, 9.17) is 0 Å². The monoisotopic (exact) mass is 358 g/mol. The third-order valence-corrected chi connectivity index (χ3v) is 5.95. The summed E-state index contributed by atoms with van der Waals surface area (Å²) in [6.45, 7) is 6.84. The molecule has 0 aliphatic carbocycles. The van der Waals surface area contributed by atoms with Gasteiger partial charge in [-0.3, -0.25) is 0 Å². The molecule has 5 rings (SSSR count). The number of pyridine rings is 1. The number of benzene rings is 1. The SMILES string of the molecule is CC(C)c1c(-c2ccc3cncn3c2)[nH]c2ccc(C3CCNCC3)cc12. The highest BCUT2D eigenvalue weighted by Gasteiger charge is 2.20. The van der Waals surface area contributed by atoms with Crippen LogP contribution in [0.25, 0.3) is 27.7 Å². The highest BCUT2D eigenvalue weighted by atomic mass is 15.0. The van der Waals surface area contributed by atoms with E-state index in [0.717, 1.165) is 18.6 Å². The van der Waals surface area contributed by atoms with Crippen molar-refractivity contribution in [2.45, 2.75) is 38.5 Å². The molecule has 1 aliphatic heterocycles. The number of hydrogen-bond acceptors (Lipinski definition) is 2. The molecule has 2 N–H and O–H groups in total. The van der Waals surface area contributed by atoms with Crippen molar-refractivity contribution in [3.8, 4) is 11.3 Å². The summed E-state index contributed by atoms with van der Waals surface area (Å²) in [7, 11) is 0. The second-order valence-corrected chi connectivity index (χ2v) is 8.04. The summed E-state index contributed by atoms with van der Waals surface area (Å²) in [5.41, 5.74) is 7.70. The van der Waals surface area contributed by atoms with Crippen molar-refractivity contribution in [2.24, 2.45) is 0 Å². The third kappa shape index (κ3) is 2.85. The Labute approximate surface area is 159 Å². The number of fused-ring (bicyclic) bond motifs is 2. The van der Waals surface area contributed by atoms with Crippen molar-refractivity contribution in [3.63, 3.8) is 0 Å². The maximum atomic E-state index is 4.25. The molecule has 0 radical (unpaired) electrons.